The lowest BCUT2D eigenvalue weighted by atomic mass is 9.53. The van der Waals surface area contributed by atoms with Crippen molar-refractivity contribution in [2.24, 2.45) is 17.8 Å². The monoisotopic (exact) mass is 339 g/mol. The third-order valence-electron chi connectivity index (χ3n) is 6.59. The Hall–Kier alpha value is -2.04. The lowest BCUT2D eigenvalue weighted by Gasteiger charge is -2.56. The molecule has 0 radical (unpaired) electrons. The van der Waals surface area contributed by atoms with Crippen LogP contribution in [0.1, 0.15) is 49.0 Å². The van der Waals surface area contributed by atoms with Gasteiger partial charge in [-0.2, -0.15) is 0 Å². The molecule has 5 heteroatoms. The average molecular weight is 339 g/mol. The Morgan fingerprint density at radius 2 is 1.80 bits per heavy atom. The molecule has 4 saturated carbocycles. The van der Waals surface area contributed by atoms with Crippen LogP contribution in [0.2, 0.25) is 0 Å². The van der Waals surface area contributed by atoms with Crippen LogP contribution in [0.5, 0.6) is 0 Å². The van der Waals surface area contributed by atoms with Crippen molar-refractivity contribution in [3.63, 3.8) is 0 Å². The minimum Gasteiger partial charge on any atom is -0.377 e. The van der Waals surface area contributed by atoms with Gasteiger partial charge < -0.3 is 14.7 Å². The summed E-state index contributed by atoms with van der Waals surface area (Å²) in [7, 11) is 3.95. The van der Waals surface area contributed by atoms with Crippen molar-refractivity contribution in [1.29, 1.82) is 0 Å². The van der Waals surface area contributed by atoms with E-state index in [2.05, 4.69) is 10.5 Å². The maximum Gasteiger partial charge on any atom is 0.274 e. The van der Waals surface area contributed by atoms with Gasteiger partial charge in [0.15, 0.2) is 11.3 Å². The highest BCUT2D eigenvalue weighted by Gasteiger charge is 2.51. The summed E-state index contributed by atoms with van der Waals surface area (Å²) in [5, 5.41) is 8.34. The van der Waals surface area contributed by atoms with Crippen LogP contribution in [0.3, 0.4) is 0 Å². The molecule has 0 atom stereocenters. The molecule has 132 valence electrons. The van der Waals surface area contributed by atoms with E-state index in [9.17, 15) is 4.79 Å². The number of carbonyl (C=O) groups excluding carboxylic acids is 1. The second-order valence-corrected chi connectivity index (χ2v) is 8.73. The van der Waals surface area contributed by atoms with Gasteiger partial charge in [-0.1, -0.05) is 11.2 Å². The summed E-state index contributed by atoms with van der Waals surface area (Å²) >= 11 is 0. The molecular formula is C20H25N3O2. The Labute approximate surface area is 147 Å². The summed E-state index contributed by atoms with van der Waals surface area (Å²) in [6.07, 6.45) is 7.52. The van der Waals surface area contributed by atoms with E-state index in [0.29, 0.717) is 11.3 Å². The minimum absolute atomic E-state index is 0.00976. The van der Waals surface area contributed by atoms with Gasteiger partial charge in [0, 0.05) is 25.3 Å². The molecular weight excluding hydrogens is 314 g/mol. The van der Waals surface area contributed by atoms with E-state index in [1.807, 2.05) is 37.2 Å². The lowest BCUT2D eigenvalue weighted by molar-refractivity contribution is -0.0168. The van der Waals surface area contributed by atoms with Crippen LogP contribution >= 0.6 is 0 Å². The molecule has 2 aromatic rings. The summed E-state index contributed by atoms with van der Waals surface area (Å²) in [6.45, 7) is 0. The molecule has 1 aromatic carbocycles. The molecule has 1 N–H and O–H groups in total. The van der Waals surface area contributed by atoms with E-state index < -0.39 is 0 Å². The van der Waals surface area contributed by atoms with Gasteiger partial charge in [0.05, 0.1) is 5.39 Å². The zero-order valence-electron chi connectivity index (χ0n) is 14.9. The number of nitrogens with zero attached hydrogens (tertiary/aromatic N) is 2. The predicted molar refractivity (Wildman–Crippen MR) is 96.7 cm³/mol. The van der Waals surface area contributed by atoms with Crippen LogP contribution < -0.4 is 10.2 Å². The molecule has 6 rings (SSSR count). The molecule has 5 nitrogen and oxygen atoms in total. The van der Waals surface area contributed by atoms with E-state index in [-0.39, 0.29) is 11.4 Å². The van der Waals surface area contributed by atoms with E-state index in [4.69, 9.17) is 4.52 Å². The Morgan fingerprint density at radius 1 is 1.16 bits per heavy atom. The van der Waals surface area contributed by atoms with Crippen LogP contribution in [0.4, 0.5) is 5.69 Å². The fraction of sp³-hybridized carbons (Fsp3) is 0.600. The minimum atomic E-state index is -0.0741. The Balaban J connectivity index is 1.48. The predicted octanol–water partition coefficient (Wildman–Crippen LogP) is 3.59. The highest BCUT2D eigenvalue weighted by atomic mass is 16.5. The zero-order chi connectivity index (χ0) is 17.2. The number of benzene rings is 1. The van der Waals surface area contributed by atoms with Crippen LogP contribution in [0.15, 0.2) is 22.7 Å². The molecule has 0 saturated heterocycles. The lowest BCUT2D eigenvalue weighted by Crippen LogP contribution is -2.59. The maximum atomic E-state index is 13.1. The molecule has 25 heavy (non-hydrogen) atoms. The fourth-order valence-corrected chi connectivity index (χ4v) is 6.07. The van der Waals surface area contributed by atoms with E-state index >= 15 is 0 Å². The van der Waals surface area contributed by atoms with E-state index in [1.54, 1.807) is 0 Å². The Bertz CT molecular complexity index is 803. The molecule has 4 bridgehead atoms. The second kappa shape index (κ2) is 5.23. The first-order chi connectivity index (χ1) is 12.0. The maximum absolute atomic E-state index is 13.1. The number of fused-ring (bicyclic) bond motifs is 1. The van der Waals surface area contributed by atoms with Crippen molar-refractivity contribution in [2.45, 2.75) is 44.1 Å². The van der Waals surface area contributed by atoms with Crippen LogP contribution in [0, 0.1) is 17.8 Å². The number of carbonyl (C=O) groups is 1. The van der Waals surface area contributed by atoms with Crippen molar-refractivity contribution in [1.82, 2.24) is 10.5 Å². The van der Waals surface area contributed by atoms with Gasteiger partial charge in [-0.25, -0.2) is 0 Å². The van der Waals surface area contributed by atoms with Crippen molar-refractivity contribution in [3.05, 3.63) is 23.9 Å². The highest BCUT2D eigenvalue weighted by molar-refractivity contribution is 6.09. The summed E-state index contributed by atoms with van der Waals surface area (Å²) in [5.74, 6) is 2.34. The van der Waals surface area contributed by atoms with Crippen molar-refractivity contribution >= 4 is 22.6 Å². The van der Waals surface area contributed by atoms with Gasteiger partial charge in [-0.05, 0) is 68.4 Å². The van der Waals surface area contributed by atoms with Crippen LogP contribution in [0.25, 0.3) is 11.0 Å². The normalized spacial score (nSPS) is 33.0. The van der Waals surface area contributed by atoms with Gasteiger partial charge in [-0.3, -0.25) is 4.79 Å². The van der Waals surface area contributed by atoms with Gasteiger partial charge in [0.25, 0.3) is 5.91 Å². The number of nitrogens with one attached hydrogen (secondary N) is 1. The topological polar surface area (TPSA) is 58.4 Å². The van der Waals surface area contributed by atoms with Crippen molar-refractivity contribution < 1.29 is 9.32 Å². The van der Waals surface area contributed by atoms with Gasteiger partial charge >= 0.3 is 0 Å². The summed E-state index contributed by atoms with van der Waals surface area (Å²) in [5.41, 5.74) is 2.05. The summed E-state index contributed by atoms with van der Waals surface area (Å²) < 4.78 is 5.44. The van der Waals surface area contributed by atoms with Gasteiger partial charge in [0.1, 0.15) is 0 Å². The third-order valence-corrected chi connectivity index (χ3v) is 6.59. The van der Waals surface area contributed by atoms with Crippen molar-refractivity contribution in [3.8, 4) is 0 Å². The molecule has 0 aliphatic heterocycles. The Morgan fingerprint density at radius 3 is 2.40 bits per heavy atom. The number of anilines is 1. The Kier molecular flexibility index (Phi) is 3.19. The van der Waals surface area contributed by atoms with Crippen LogP contribution in [-0.2, 0) is 0 Å². The SMILES string of the molecule is CN(C)c1cccc2onc(C(=O)NC34CC5CC(CC(C5)C3)C4)c12. The van der Waals surface area contributed by atoms with Crippen molar-refractivity contribution in [2.75, 3.05) is 19.0 Å². The molecule has 4 aliphatic carbocycles. The first kappa shape index (κ1) is 15.2. The largest absolute Gasteiger partial charge is 0.377 e. The van der Waals surface area contributed by atoms with E-state index in [1.165, 1.54) is 19.3 Å². The highest BCUT2D eigenvalue weighted by Crippen LogP contribution is 2.55. The zero-order valence-corrected chi connectivity index (χ0v) is 14.9. The second-order valence-electron chi connectivity index (χ2n) is 8.73. The summed E-state index contributed by atoms with van der Waals surface area (Å²) in [4.78, 5) is 15.1. The molecule has 1 heterocycles. The third kappa shape index (κ3) is 2.35. The molecule has 0 unspecified atom stereocenters. The quantitative estimate of drug-likeness (QED) is 0.928. The first-order valence-corrected chi connectivity index (χ1v) is 9.41. The molecule has 1 aromatic heterocycles. The van der Waals surface area contributed by atoms with Crippen LogP contribution in [-0.4, -0.2) is 30.7 Å². The average Bonchev–Trinajstić information content (AvgIpc) is 2.96. The van der Waals surface area contributed by atoms with Gasteiger partial charge in [0.2, 0.25) is 0 Å². The molecule has 4 fully saturated rings. The number of hydrogen-bond donors (Lipinski definition) is 1. The molecule has 1 amide bonds. The smallest absolute Gasteiger partial charge is 0.274 e. The summed E-state index contributed by atoms with van der Waals surface area (Å²) in [6, 6.07) is 5.81. The fourth-order valence-electron chi connectivity index (χ4n) is 6.07. The van der Waals surface area contributed by atoms with E-state index in [0.717, 1.165) is 48.1 Å². The molecule has 4 aliphatic rings. The number of hydrogen-bond acceptors (Lipinski definition) is 4. The number of aromatic nitrogens is 1. The molecule has 0 spiro atoms. The number of rotatable bonds is 3. The van der Waals surface area contributed by atoms with Gasteiger partial charge in [-0.15, -0.1) is 0 Å². The first-order valence-electron chi connectivity index (χ1n) is 9.41. The standard InChI is InChI=1S/C20H25N3O2/c1-23(2)15-4-3-5-16-17(15)18(22-25-16)19(24)21-20-9-12-6-13(10-20)8-14(7-12)11-20/h3-5,12-14H,6-11H2,1-2H3,(H,21,24). The number of amides is 1.